The van der Waals surface area contributed by atoms with E-state index >= 15 is 0 Å². The number of aromatic nitrogens is 2. The van der Waals surface area contributed by atoms with Gasteiger partial charge in [-0.1, -0.05) is 33.6 Å². The molecule has 6 heteroatoms. The van der Waals surface area contributed by atoms with E-state index in [1.807, 2.05) is 25.1 Å². The molecule has 0 spiro atoms. The molecule has 0 aliphatic carbocycles. The summed E-state index contributed by atoms with van der Waals surface area (Å²) in [5, 5.41) is 0.992. The van der Waals surface area contributed by atoms with Crippen molar-refractivity contribution in [3.05, 3.63) is 55.8 Å². The summed E-state index contributed by atoms with van der Waals surface area (Å²) in [5.41, 5.74) is 1.82. The van der Waals surface area contributed by atoms with Gasteiger partial charge in [0.2, 0.25) is 0 Å². The molecule has 1 heterocycles. The third kappa shape index (κ3) is 2.82. The second kappa shape index (κ2) is 5.63. The van der Waals surface area contributed by atoms with E-state index in [1.54, 1.807) is 6.07 Å². The lowest BCUT2D eigenvalue weighted by Crippen LogP contribution is -1.95. The van der Waals surface area contributed by atoms with Crippen LogP contribution in [0.25, 0.3) is 22.3 Å². The molecule has 0 aliphatic rings. The lowest BCUT2D eigenvalue weighted by atomic mass is 10.1. The van der Waals surface area contributed by atoms with Gasteiger partial charge >= 0.3 is 0 Å². The molecule has 0 saturated heterocycles. The van der Waals surface area contributed by atoms with Gasteiger partial charge in [0.15, 0.2) is 5.82 Å². The fourth-order valence-electron chi connectivity index (χ4n) is 2.04. The summed E-state index contributed by atoms with van der Waals surface area (Å²) < 4.78 is 15.7. The summed E-state index contributed by atoms with van der Waals surface area (Å²) in [6.07, 6.45) is 0. The fraction of sp³-hybridized carbons (Fsp3) is 0.0667. The van der Waals surface area contributed by atoms with Crippen molar-refractivity contribution in [1.82, 2.24) is 9.97 Å². The standard InChI is InChI=1S/C15H8Br2ClFN2/c1-7-2-3-9(12(19)4-7)15-20-13-10(14(18)21-15)5-8(16)6-11(13)17/h2-6H,1H3. The number of aryl methyl sites for hydroxylation is 1. The van der Waals surface area contributed by atoms with Gasteiger partial charge in [-0.2, -0.15) is 0 Å². The number of benzene rings is 2. The smallest absolute Gasteiger partial charge is 0.164 e. The molecular weight excluding hydrogens is 422 g/mol. The summed E-state index contributed by atoms with van der Waals surface area (Å²) in [6, 6.07) is 8.62. The van der Waals surface area contributed by atoms with E-state index in [4.69, 9.17) is 11.6 Å². The Kier molecular flexibility index (Phi) is 3.99. The van der Waals surface area contributed by atoms with E-state index in [2.05, 4.69) is 41.8 Å². The highest BCUT2D eigenvalue weighted by atomic mass is 79.9. The topological polar surface area (TPSA) is 25.8 Å². The quantitative estimate of drug-likeness (QED) is 0.448. The minimum Gasteiger partial charge on any atom is -0.227 e. The van der Waals surface area contributed by atoms with Gasteiger partial charge in [0, 0.05) is 14.3 Å². The second-order valence-corrected chi connectivity index (χ2v) is 6.73. The van der Waals surface area contributed by atoms with Crippen molar-refractivity contribution < 1.29 is 4.39 Å². The van der Waals surface area contributed by atoms with Gasteiger partial charge in [0.1, 0.15) is 11.0 Å². The maximum absolute atomic E-state index is 14.1. The Morgan fingerprint density at radius 1 is 1.10 bits per heavy atom. The van der Waals surface area contributed by atoms with Gasteiger partial charge in [-0.05, 0) is 52.7 Å². The van der Waals surface area contributed by atoms with E-state index < -0.39 is 0 Å². The minimum absolute atomic E-state index is 0.271. The summed E-state index contributed by atoms with van der Waals surface area (Å²) in [5.74, 6) is -0.0910. The third-order valence-electron chi connectivity index (χ3n) is 3.04. The van der Waals surface area contributed by atoms with Gasteiger partial charge in [-0.3, -0.25) is 0 Å². The van der Waals surface area contributed by atoms with Crippen LogP contribution in [0, 0.1) is 12.7 Å². The average molecular weight is 431 g/mol. The first kappa shape index (κ1) is 14.9. The van der Waals surface area contributed by atoms with Crippen molar-refractivity contribution in [2.75, 3.05) is 0 Å². The van der Waals surface area contributed by atoms with Gasteiger partial charge < -0.3 is 0 Å². The molecule has 1 aromatic heterocycles. The Labute approximate surface area is 142 Å². The van der Waals surface area contributed by atoms with Crippen LogP contribution in [-0.4, -0.2) is 9.97 Å². The van der Waals surface area contributed by atoms with Gasteiger partial charge in [0.05, 0.1) is 11.1 Å². The molecule has 0 bridgehead atoms. The maximum atomic E-state index is 14.1. The molecule has 2 nitrogen and oxygen atoms in total. The third-order valence-corrected chi connectivity index (χ3v) is 4.39. The molecule has 0 radical (unpaired) electrons. The molecule has 21 heavy (non-hydrogen) atoms. The Hall–Kier alpha value is -1.04. The highest BCUT2D eigenvalue weighted by Crippen LogP contribution is 2.33. The van der Waals surface area contributed by atoms with Crippen LogP contribution in [0.4, 0.5) is 4.39 Å². The van der Waals surface area contributed by atoms with Crippen LogP contribution in [-0.2, 0) is 0 Å². The maximum Gasteiger partial charge on any atom is 0.164 e. The molecule has 0 unspecified atom stereocenters. The first-order valence-electron chi connectivity index (χ1n) is 6.04. The first-order chi connectivity index (χ1) is 9.95. The molecule has 3 aromatic rings. The second-order valence-electron chi connectivity index (χ2n) is 4.61. The molecule has 0 aliphatic heterocycles. The summed E-state index contributed by atoms with van der Waals surface area (Å²) in [4.78, 5) is 8.65. The molecule has 0 saturated carbocycles. The Morgan fingerprint density at radius 3 is 2.57 bits per heavy atom. The Morgan fingerprint density at radius 2 is 1.86 bits per heavy atom. The highest BCUT2D eigenvalue weighted by Gasteiger charge is 2.14. The average Bonchev–Trinajstić information content (AvgIpc) is 2.40. The number of fused-ring (bicyclic) bond motifs is 1. The van der Waals surface area contributed by atoms with Crippen LogP contribution in [0.3, 0.4) is 0 Å². The van der Waals surface area contributed by atoms with Gasteiger partial charge in [-0.25, -0.2) is 14.4 Å². The van der Waals surface area contributed by atoms with Crippen molar-refractivity contribution in [2.24, 2.45) is 0 Å². The molecule has 0 atom stereocenters. The minimum atomic E-state index is -0.362. The summed E-state index contributed by atoms with van der Waals surface area (Å²) in [6.45, 7) is 1.83. The SMILES string of the molecule is Cc1ccc(-c2nc(Cl)c3cc(Br)cc(Br)c3n2)c(F)c1. The zero-order chi connectivity index (χ0) is 15.1. The van der Waals surface area contributed by atoms with E-state index in [9.17, 15) is 4.39 Å². The van der Waals surface area contributed by atoms with Crippen molar-refractivity contribution >= 4 is 54.4 Å². The number of halogens is 4. The lowest BCUT2D eigenvalue weighted by molar-refractivity contribution is 0.629. The van der Waals surface area contributed by atoms with Crippen molar-refractivity contribution in [1.29, 1.82) is 0 Å². The molecule has 0 fully saturated rings. The highest BCUT2D eigenvalue weighted by molar-refractivity contribution is 9.11. The monoisotopic (exact) mass is 428 g/mol. The number of hydrogen-bond acceptors (Lipinski definition) is 2. The van der Waals surface area contributed by atoms with Crippen LogP contribution in [0.1, 0.15) is 5.56 Å². The fourth-order valence-corrected chi connectivity index (χ4v) is 3.58. The van der Waals surface area contributed by atoms with Crippen LogP contribution in [0.2, 0.25) is 5.15 Å². The summed E-state index contributed by atoms with van der Waals surface area (Å²) in [7, 11) is 0. The molecule has 2 aromatic carbocycles. The van der Waals surface area contributed by atoms with Crippen molar-refractivity contribution in [2.45, 2.75) is 6.92 Å². The van der Waals surface area contributed by atoms with E-state index in [1.165, 1.54) is 6.07 Å². The zero-order valence-corrected chi connectivity index (χ0v) is 14.7. The number of nitrogens with zero attached hydrogens (tertiary/aromatic N) is 2. The molecule has 0 N–H and O–H groups in total. The molecule has 106 valence electrons. The Balaban J connectivity index is 2.30. The van der Waals surface area contributed by atoms with Gasteiger partial charge in [-0.15, -0.1) is 0 Å². The van der Waals surface area contributed by atoms with Crippen molar-refractivity contribution in [3.63, 3.8) is 0 Å². The molecule has 0 amide bonds. The number of hydrogen-bond donors (Lipinski definition) is 0. The van der Waals surface area contributed by atoms with Crippen LogP contribution >= 0.6 is 43.5 Å². The largest absolute Gasteiger partial charge is 0.227 e. The predicted molar refractivity (Wildman–Crippen MR) is 90.1 cm³/mol. The van der Waals surface area contributed by atoms with Crippen LogP contribution in [0.5, 0.6) is 0 Å². The Bertz CT molecular complexity index is 868. The van der Waals surface area contributed by atoms with E-state index in [0.717, 1.165) is 14.5 Å². The van der Waals surface area contributed by atoms with Crippen LogP contribution in [0.15, 0.2) is 39.3 Å². The predicted octanol–water partition coefficient (Wildman–Crippen LogP) is 5.92. The normalized spacial score (nSPS) is 11.1. The first-order valence-corrected chi connectivity index (χ1v) is 8.01. The molecular formula is C15H8Br2ClFN2. The van der Waals surface area contributed by atoms with Gasteiger partial charge in [0.25, 0.3) is 0 Å². The van der Waals surface area contributed by atoms with E-state index in [-0.39, 0.29) is 16.8 Å². The van der Waals surface area contributed by atoms with Crippen molar-refractivity contribution in [3.8, 4) is 11.4 Å². The summed E-state index contributed by atoms with van der Waals surface area (Å²) >= 11 is 13.1. The van der Waals surface area contributed by atoms with E-state index in [0.29, 0.717) is 16.5 Å². The number of rotatable bonds is 1. The zero-order valence-electron chi connectivity index (χ0n) is 10.8. The van der Waals surface area contributed by atoms with Crippen LogP contribution < -0.4 is 0 Å². The lowest BCUT2D eigenvalue weighted by Gasteiger charge is -2.08. The molecule has 3 rings (SSSR count).